The first-order chi connectivity index (χ1) is 19.5. The van der Waals surface area contributed by atoms with Gasteiger partial charge in [0.2, 0.25) is 10.0 Å². The van der Waals surface area contributed by atoms with E-state index in [0.29, 0.717) is 31.1 Å². The number of likely N-dealkylation sites (N-methyl/N-ethyl adjacent to an activating group) is 2. The van der Waals surface area contributed by atoms with Crippen LogP contribution in [0.1, 0.15) is 33.1 Å². The lowest BCUT2D eigenvalue weighted by atomic mass is 10.2. The van der Waals surface area contributed by atoms with Gasteiger partial charge in [-0.3, -0.25) is 15.1 Å². The van der Waals surface area contributed by atoms with Gasteiger partial charge < -0.3 is 25.7 Å². The summed E-state index contributed by atoms with van der Waals surface area (Å²) in [6, 6.07) is -1.50. The highest BCUT2D eigenvalue weighted by Gasteiger charge is 2.26. The molecular formula is C28H47ClN6O5S. The van der Waals surface area contributed by atoms with Crippen molar-refractivity contribution in [1.82, 2.24) is 19.8 Å². The molecule has 232 valence electrons. The average Bonchev–Trinajstić information content (AvgIpc) is 2.94. The molecule has 2 atom stereocenters. The molecule has 0 bridgehead atoms. The first-order valence-corrected chi connectivity index (χ1v) is 15.3. The maximum Gasteiger partial charge on any atom is 0.323 e. The Balaban J connectivity index is 5.07. The number of halogens is 1. The molecule has 0 aliphatic heterocycles. The highest BCUT2D eigenvalue weighted by Crippen LogP contribution is 2.18. The van der Waals surface area contributed by atoms with Gasteiger partial charge in [0.05, 0.1) is 16.3 Å². The second-order valence-electron chi connectivity index (χ2n) is 8.86. The lowest BCUT2D eigenvalue weighted by Gasteiger charge is -2.26. The number of carboxylic acid groups (broad SMARTS) is 1. The zero-order chi connectivity index (χ0) is 31.3. The highest BCUT2D eigenvalue weighted by atomic mass is 35.5. The SMILES string of the molecule is C=C/C=C(\C=C/C)S(=O)(=O)N[C@@H](CNC(O)C/C=C\C/C(=C(/Cl)C=C)N(C)CCN(C=NCCCN)CC)C(=O)O. The van der Waals surface area contributed by atoms with Gasteiger partial charge in [0.15, 0.2) is 0 Å². The number of aliphatic carboxylic acids is 1. The number of hydrogen-bond donors (Lipinski definition) is 5. The van der Waals surface area contributed by atoms with Crippen LogP contribution < -0.4 is 15.8 Å². The van der Waals surface area contributed by atoms with Crippen molar-refractivity contribution in [3.05, 3.63) is 71.3 Å². The second-order valence-corrected chi connectivity index (χ2v) is 11.0. The normalized spacial score (nSPS) is 14.8. The summed E-state index contributed by atoms with van der Waals surface area (Å²) in [4.78, 5) is 20.0. The lowest BCUT2D eigenvalue weighted by Crippen LogP contribution is -2.49. The first-order valence-electron chi connectivity index (χ1n) is 13.4. The Labute approximate surface area is 250 Å². The van der Waals surface area contributed by atoms with E-state index >= 15 is 0 Å². The Kier molecular flexibility index (Phi) is 20.5. The van der Waals surface area contributed by atoms with Crippen LogP contribution in [0.15, 0.2) is 76.3 Å². The van der Waals surface area contributed by atoms with Crippen molar-refractivity contribution in [2.75, 3.05) is 46.3 Å². The quantitative estimate of drug-likeness (QED) is 0.0291. The summed E-state index contributed by atoms with van der Waals surface area (Å²) >= 11 is 6.41. The van der Waals surface area contributed by atoms with Crippen molar-refractivity contribution in [1.29, 1.82) is 0 Å². The van der Waals surface area contributed by atoms with Crippen LogP contribution >= 0.6 is 11.6 Å². The van der Waals surface area contributed by atoms with Crippen LogP contribution in [0, 0.1) is 0 Å². The van der Waals surface area contributed by atoms with Gasteiger partial charge in [-0.2, -0.15) is 4.72 Å². The van der Waals surface area contributed by atoms with Gasteiger partial charge in [0.1, 0.15) is 12.3 Å². The maximum atomic E-state index is 12.6. The molecular weight excluding hydrogens is 568 g/mol. The summed E-state index contributed by atoms with van der Waals surface area (Å²) in [7, 11) is -2.18. The van der Waals surface area contributed by atoms with E-state index in [9.17, 15) is 23.4 Å². The number of carboxylic acids is 1. The highest BCUT2D eigenvalue weighted by molar-refractivity contribution is 7.93. The van der Waals surface area contributed by atoms with Gasteiger partial charge in [0, 0.05) is 58.3 Å². The summed E-state index contributed by atoms with van der Waals surface area (Å²) in [5, 5.41) is 22.9. The molecule has 0 heterocycles. The zero-order valence-corrected chi connectivity index (χ0v) is 25.9. The molecule has 0 saturated carbocycles. The summed E-state index contributed by atoms with van der Waals surface area (Å²) in [6.07, 6.45) is 12.8. The minimum absolute atomic E-state index is 0.130. The third kappa shape index (κ3) is 16.3. The molecule has 0 amide bonds. The van der Waals surface area contributed by atoms with E-state index in [2.05, 4.69) is 40.0 Å². The van der Waals surface area contributed by atoms with Crippen molar-refractivity contribution in [2.24, 2.45) is 10.7 Å². The number of aliphatic imine (C=N–C) groups is 1. The fourth-order valence-corrected chi connectivity index (χ4v) is 4.83. The Bertz CT molecular complexity index is 1070. The number of nitrogens with two attached hydrogens (primary N) is 1. The van der Waals surface area contributed by atoms with Crippen molar-refractivity contribution < 1.29 is 23.4 Å². The Hall–Kier alpha value is -2.74. The van der Waals surface area contributed by atoms with E-state index in [1.807, 2.05) is 24.4 Å². The Morgan fingerprint density at radius 2 is 1.95 bits per heavy atom. The molecule has 0 spiro atoms. The fraction of sp³-hybridized carbons (Fsp3) is 0.500. The Morgan fingerprint density at radius 1 is 1.24 bits per heavy atom. The summed E-state index contributed by atoms with van der Waals surface area (Å²) in [5.74, 6) is -1.39. The minimum atomic E-state index is -4.12. The number of nitrogens with zero attached hydrogens (tertiary/aromatic N) is 3. The average molecular weight is 615 g/mol. The number of allylic oxidation sites excluding steroid dienone is 7. The smallest absolute Gasteiger partial charge is 0.323 e. The molecule has 0 aliphatic rings. The molecule has 1 unspecified atom stereocenters. The molecule has 0 radical (unpaired) electrons. The minimum Gasteiger partial charge on any atom is -0.480 e. The van der Waals surface area contributed by atoms with Crippen molar-refractivity contribution in [2.45, 2.75) is 45.4 Å². The van der Waals surface area contributed by atoms with E-state index < -0.39 is 28.3 Å². The van der Waals surface area contributed by atoms with Crippen LogP contribution in [0.5, 0.6) is 0 Å². The molecule has 13 heteroatoms. The van der Waals surface area contributed by atoms with Crippen LogP contribution in [-0.2, 0) is 14.8 Å². The molecule has 0 aromatic carbocycles. The summed E-state index contributed by atoms with van der Waals surface area (Å²) in [6.45, 7) is 14.1. The maximum absolute atomic E-state index is 12.6. The predicted molar refractivity (Wildman–Crippen MR) is 169 cm³/mol. The van der Waals surface area contributed by atoms with E-state index in [-0.39, 0.29) is 17.9 Å². The molecule has 0 aliphatic carbocycles. The van der Waals surface area contributed by atoms with Gasteiger partial charge in [-0.15, -0.1) is 0 Å². The first kappa shape index (κ1) is 38.3. The fourth-order valence-electron chi connectivity index (χ4n) is 3.33. The van der Waals surface area contributed by atoms with Crippen molar-refractivity contribution >= 4 is 33.9 Å². The molecule has 11 nitrogen and oxygen atoms in total. The van der Waals surface area contributed by atoms with Crippen LogP contribution in [0.25, 0.3) is 0 Å². The van der Waals surface area contributed by atoms with Crippen LogP contribution in [-0.4, -0.2) is 99.3 Å². The second kappa shape index (κ2) is 21.9. The van der Waals surface area contributed by atoms with Gasteiger partial charge in [-0.05, 0) is 45.0 Å². The van der Waals surface area contributed by atoms with Crippen LogP contribution in [0.3, 0.4) is 0 Å². The molecule has 0 rings (SSSR count). The van der Waals surface area contributed by atoms with Crippen molar-refractivity contribution in [3.63, 3.8) is 0 Å². The topological polar surface area (TPSA) is 161 Å². The van der Waals surface area contributed by atoms with E-state index in [4.69, 9.17) is 17.3 Å². The number of nitrogens with one attached hydrogen (secondary N) is 2. The number of rotatable bonds is 23. The van der Waals surface area contributed by atoms with Gasteiger partial charge in [-0.1, -0.05) is 49.1 Å². The lowest BCUT2D eigenvalue weighted by molar-refractivity contribution is -0.138. The number of sulfonamides is 1. The van der Waals surface area contributed by atoms with E-state index in [0.717, 1.165) is 25.2 Å². The Morgan fingerprint density at radius 3 is 2.51 bits per heavy atom. The number of carbonyl (C=O) groups is 1. The molecule has 0 aromatic heterocycles. The molecule has 0 aromatic rings. The largest absolute Gasteiger partial charge is 0.480 e. The van der Waals surface area contributed by atoms with Crippen molar-refractivity contribution in [3.8, 4) is 0 Å². The number of aliphatic hydroxyl groups is 1. The summed E-state index contributed by atoms with van der Waals surface area (Å²) in [5.41, 5.74) is 6.36. The van der Waals surface area contributed by atoms with Gasteiger partial charge in [-0.25, -0.2) is 8.42 Å². The number of aliphatic hydroxyl groups excluding tert-OH is 1. The standard InChI is InChI=1S/C28H47ClN6O5S/c1-6-13-23(14-7-2)41(39,40)33-25(28(37)38)21-32-27(36)16-11-10-15-26(24(29)8-3)34(5)19-20-35(9-4)22-31-18-12-17-30/h6-8,10-11,13-14,22,25,27,32-33,36H,1,3,9,12,15-21,30H2,2,4-5H3,(H,37,38)/b11-10-,14-7-,23-13+,26-24-,31-22?/t25-,27?/m0/s1. The predicted octanol–water partition coefficient (Wildman–Crippen LogP) is 2.52. The van der Waals surface area contributed by atoms with Gasteiger partial charge in [0.25, 0.3) is 0 Å². The zero-order valence-electron chi connectivity index (χ0n) is 24.4. The van der Waals surface area contributed by atoms with E-state index in [1.54, 1.807) is 19.1 Å². The third-order valence-corrected chi connectivity index (χ3v) is 7.55. The molecule has 0 saturated heterocycles. The van der Waals surface area contributed by atoms with E-state index in [1.165, 1.54) is 24.3 Å². The molecule has 0 fully saturated rings. The van der Waals surface area contributed by atoms with Gasteiger partial charge >= 0.3 is 5.97 Å². The number of hydrogen-bond acceptors (Lipinski definition) is 8. The van der Waals surface area contributed by atoms with Crippen LogP contribution in [0.4, 0.5) is 0 Å². The third-order valence-electron chi connectivity index (χ3n) is 5.69. The molecule has 6 N–H and O–H groups in total. The summed E-state index contributed by atoms with van der Waals surface area (Å²) < 4.78 is 27.3. The monoisotopic (exact) mass is 614 g/mol. The van der Waals surface area contributed by atoms with Crippen LogP contribution in [0.2, 0.25) is 0 Å². The molecule has 41 heavy (non-hydrogen) atoms.